The van der Waals surface area contributed by atoms with Crippen molar-refractivity contribution < 1.29 is 36.5 Å². The third-order valence-corrected chi connectivity index (χ3v) is 10.5. The second kappa shape index (κ2) is 14.9. The van der Waals surface area contributed by atoms with Gasteiger partial charge in [0.05, 0.1) is 32.8 Å². The van der Waals surface area contributed by atoms with Gasteiger partial charge in [-0.3, -0.25) is 0 Å². The molecule has 10 heteroatoms. The van der Waals surface area contributed by atoms with Crippen molar-refractivity contribution in [3.63, 3.8) is 0 Å². The van der Waals surface area contributed by atoms with Gasteiger partial charge in [-0.2, -0.15) is 0 Å². The summed E-state index contributed by atoms with van der Waals surface area (Å²) in [5.41, 5.74) is 0. The first kappa shape index (κ1) is 31.9. The Kier molecular flexibility index (Phi) is 11.1. The maximum Gasteiger partial charge on any atom is 0.206 e. The minimum absolute atomic E-state index is 0.0129. The van der Waals surface area contributed by atoms with Crippen molar-refractivity contribution in [1.82, 2.24) is 0 Å². The Hall–Kier alpha value is -4.02. The van der Waals surface area contributed by atoms with Crippen LogP contribution >= 0.6 is 0 Å². The zero-order valence-corrected chi connectivity index (χ0v) is 25.4. The molecule has 0 spiro atoms. The average Bonchev–Trinajstić information content (AvgIpc) is 3.01. The highest BCUT2D eigenvalue weighted by Crippen LogP contribution is 2.26. The molecule has 4 aromatic carbocycles. The fraction of sp³-hybridized carbons (Fsp3) is 0.273. The molecule has 0 aromatic heterocycles. The highest BCUT2D eigenvalue weighted by molar-refractivity contribution is 7.91. The number of unbranched alkanes of at least 4 members (excludes halogenated alkanes) is 6. The molecule has 0 saturated carbocycles. The zero-order chi connectivity index (χ0) is 30.7. The first-order valence-electron chi connectivity index (χ1n) is 14.2. The minimum Gasteiger partial charge on any atom is -0.508 e. The first-order chi connectivity index (χ1) is 20.7. The van der Waals surface area contributed by atoms with E-state index in [0.717, 1.165) is 44.9 Å². The lowest BCUT2D eigenvalue weighted by Crippen LogP contribution is -2.02. The number of hydrogen-bond acceptors (Lipinski definition) is 8. The molecule has 4 rings (SSSR count). The lowest BCUT2D eigenvalue weighted by atomic mass is 10.1. The van der Waals surface area contributed by atoms with Crippen molar-refractivity contribution in [2.75, 3.05) is 13.2 Å². The number of phenols is 2. The van der Waals surface area contributed by atoms with Crippen molar-refractivity contribution in [1.29, 1.82) is 0 Å². The molecule has 0 heterocycles. The largest absolute Gasteiger partial charge is 0.508 e. The van der Waals surface area contributed by atoms with E-state index < -0.39 is 19.7 Å². The summed E-state index contributed by atoms with van der Waals surface area (Å²) in [5, 5.41) is 18.8. The summed E-state index contributed by atoms with van der Waals surface area (Å²) >= 11 is 0. The molecule has 0 aliphatic carbocycles. The van der Waals surface area contributed by atoms with Crippen molar-refractivity contribution in [3.05, 3.63) is 97.1 Å². The van der Waals surface area contributed by atoms with E-state index in [1.165, 1.54) is 72.8 Å². The van der Waals surface area contributed by atoms with Crippen LogP contribution in [0, 0.1) is 0 Å². The van der Waals surface area contributed by atoms with E-state index in [1.807, 2.05) is 0 Å². The normalized spacial score (nSPS) is 11.7. The Bertz CT molecular complexity index is 1520. The highest BCUT2D eigenvalue weighted by Gasteiger charge is 2.18. The van der Waals surface area contributed by atoms with Crippen LogP contribution in [0.5, 0.6) is 23.0 Å². The molecule has 0 unspecified atom stereocenters. The zero-order valence-electron chi connectivity index (χ0n) is 23.8. The summed E-state index contributed by atoms with van der Waals surface area (Å²) in [7, 11) is -7.30. The lowest BCUT2D eigenvalue weighted by molar-refractivity contribution is 0.299. The number of aromatic hydroxyl groups is 2. The second-order valence-electron chi connectivity index (χ2n) is 10.1. The molecule has 4 aromatic rings. The van der Waals surface area contributed by atoms with Crippen LogP contribution in [0.3, 0.4) is 0 Å². The fourth-order valence-corrected chi connectivity index (χ4v) is 6.94. The predicted octanol–water partition coefficient (Wildman–Crippen LogP) is 6.95. The highest BCUT2D eigenvalue weighted by atomic mass is 32.2. The van der Waals surface area contributed by atoms with Gasteiger partial charge in [0.15, 0.2) is 0 Å². The summed E-state index contributed by atoms with van der Waals surface area (Å²) < 4.78 is 62.3. The molecule has 0 atom stereocenters. The topological polar surface area (TPSA) is 127 Å². The van der Waals surface area contributed by atoms with Gasteiger partial charge in [-0.25, -0.2) is 16.8 Å². The van der Waals surface area contributed by atoms with Crippen molar-refractivity contribution in [3.8, 4) is 23.0 Å². The van der Waals surface area contributed by atoms with E-state index in [0.29, 0.717) is 24.7 Å². The molecule has 0 radical (unpaired) electrons. The molecule has 0 saturated heterocycles. The summed E-state index contributed by atoms with van der Waals surface area (Å²) in [6.45, 7) is 1.12. The van der Waals surface area contributed by atoms with Gasteiger partial charge in [-0.05, 0) is 110 Å². The maximum atomic E-state index is 12.7. The summed E-state index contributed by atoms with van der Waals surface area (Å²) in [6.07, 6.45) is 7.24. The van der Waals surface area contributed by atoms with Crippen LogP contribution in [0.2, 0.25) is 0 Å². The van der Waals surface area contributed by atoms with Crippen LogP contribution in [0.25, 0.3) is 0 Å². The lowest BCUT2D eigenvalue weighted by Gasteiger charge is -2.09. The summed E-state index contributed by atoms with van der Waals surface area (Å²) in [6, 6.07) is 23.6. The van der Waals surface area contributed by atoms with Crippen LogP contribution in [-0.4, -0.2) is 40.3 Å². The number of ether oxygens (including phenoxy) is 2. The van der Waals surface area contributed by atoms with Crippen LogP contribution < -0.4 is 9.47 Å². The van der Waals surface area contributed by atoms with Gasteiger partial charge in [0, 0.05) is 0 Å². The Morgan fingerprint density at radius 1 is 0.395 bits per heavy atom. The maximum absolute atomic E-state index is 12.7. The van der Waals surface area contributed by atoms with Crippen molar-refractivity contribution >= 4 is 19.7 Å². The third-order valence-electron chi connectivity index (χ3n) is 6.89. The molecular weight excluding hydrogens is 588 g/mol. The molecular formula is C33H36O8S2. The molecule has 0 aliphatic heterocycles. The van der Waals surface area contributed by atoms with E-state index in [9.17, 15) is 27.0 Å². The Balaban J connectivity index is 1.05. The van der Waals surface area contributed by atoms with Crippen LogP contribution in [0.15, 0.2) is 117 Å². The van der Waals surface area contributed by atoms with E-state index in [2.05, 4.69) is 0 Å². The van der Waals surface area contributed by atoms with Gasteiger partial charge in [0.1, 0.15) is 23.0 Å². The fourth-order valence-electron chi connectivity index (χ4n) is 4.42. The first-order valence-corrected chi connectivity index (χ1v) is 17.2. The second-order valence-corrected chi connectivity index (χ2v) is 14.0. The Labute approximate surface area is 253 Å². The van der Waals surface area contributed by atoms with Gasteiger partial charge < -0.3 is 19.7 Å². The quantitative estimate of drug-likeness (QED) is 0.128. The number of hydrogen-bond donors (Lipinski definition) is 2. The number of phenolic OH excluding ortho intramolecular Hbond substituents is 2. The predicted molar refractivity (Wildman–Crippen MR) is 163 cm³/mol. The van der Waals surface area contributed by atoms with E-state index in [4.69, 9.17) is 9.47 Å². The summed E-state index contributed by atoms with van der Waals surface area (Å²) in [5.74, 6) is 1.27. The number of rotatable bonds is 16. The molecule has 0 fully saturated rings. The molecule has 43 heavy (non-hydrogen) atoms. The SMILES string of the molecule is O=S(=O)(c1ccc(O)cc1)c1ccc(OCCCCCCCCCOc2ccc(S(=O)(=O)c3ccc(O)cc3)cc2)cc1. The third kappa shape index (κ3) is 8.98. The van der Waals surface area contributed by atoms with Crippen LogP contribution in [0.4, 0.5) is 0 Å². The smallest absolute Gasteiger partial charge is 0.206 e. The molecule has 2 N–H and O–H groups in total. The number of sulfone groups is 2. The van der Waals surface area contributed by atoms with Gasteiger partial charge in [-0.15, -0.1) is 0 Å². The molecule has 0 bridgehead atoms. The van der Waals surface area contributed by atoms with Gasteiger partial charge in [-0.1, -0.05) is 32.1 Å². The Morgan fingerprint density at radius 3 is 0.953 bits per heavy atom. The molecule has 228 valence electrons. The number of benzene rings is 4. The standard InChI is InChI=1S/C33H36O8S2/c34-26-8-16-30(17-9-26)42(36,37)32-20-12-28(13-21-32)40-24-6-4-2-1-3-5-7-25-41-29-14-22-33(23-15-29)43(38,39)31-18-10-27(35)11-19-31/h8-23,34-35H,1-7,24-25H2. The van der Waals surface area contributed by atoms with Crippen molar-refractivity contribution in [2.45, 2.75) is 64.5 Å². The van der Waals surface area contributed by atoms with Gasteiger partial charge in [0.2, 0.25) is 19.7 Å². The summed E-state index contributed by atoms with van der Waals surface area (Å²) in [4.78, 5) is 0.594. The van der Waals surface area contributed by atoms with E-state index in [-0.39, 0.29) is 31.1 Å². The van der Waals surface area contributed by atoms with E-state index in [1.54, 1.807) is 24.3 Å². The monoisotopic (exact) mass is 624 g/mol. The van der Waals surface area contributed by atoms with Crippen LogP contribution in [0.1, 0.15) is 44.9 Å². The van der Waals surface area contributed by atoms with Crippen molar-refractivity contribution in [2.24, 2.45) is 0 Å². The van der Waals surface area contributed by atoms with E-state index >= 15 is 0 Å². The molecule has 8 nitrogen and oxygen atoms in total. The van der Waals surface area contributed by atoms with Gasteiger partial charge in [0.25, 0.3) is 0 Å². The van der Waals surface area contributed by atoms with Crippen LogP contribution in [-0.2, 0) is 19.7 Å². The minimum atomic E-state index is -3.65. The average molecular weight is 625 g/mol. The van der Waals surface area contributed by atoms with Gasteiger partial charge >= 0.3 is 0 Å². The Morgan fingerprint density at radius 2 is 0.651 bits per heavy atom. The molecule has 0 amide bonds. The molecule has 0 aliphatic rings.